The van der Waals surface area contributed by atoms with Crippen LogP contribution in [-0.4, -0.2) is 4.57 Å². The summed E-state index contributed by atoms with van der Waals surface area (Å²) in [6, 6.07) is 38.3. The van der Waals surface area contributed by atoms with E-state index < -0.39 is 34.6 Å². The highest BCUT2D eigenvalue weighted by Gasteiger charge is 2.29. The highest BCUT2D eigenvalue weighted by molar-refractivity contribution is 6.21. The van der Waals surface area contributed by atoms with Crippen molar-refractivity contribution in [1.82, 2.24) is 4.57 Å². The molecule has 1 nitrogen and oxygen atoms in total. The number of para-hydroxylation sites is 2. The molecule has 212 valence electrons. The number of aromatic nitrogens is 1. The van der Waals surface area contributed by atoms with Crippen molar-refractivity contribution in [2.24, 2.45) is 0 Å². The zero-order valence-electron chi connectivity index (χ0n) is 22.9. The lowest BCUT2D eigenvalue weighted by molar-refractivity contribution is 0.381. The van der Waals surface area contributed by atoms with Crippen LogP contribution in [0.4, 0.5) is 22.0 Å². The van der Waals surface area contributed by atoms with Crippen molar-refractivity contribution in [2.45, 2.75) is 0 Å². The zero-order valence-corrected chi connectivity index (χ0v) is 22.9. The minimum Gasteiger partial charge on any atom is -0.309 e. The lowest BCUT2D eigenvalue weighted by atomic mass is 9.85. The fourth-order valence-corrected chi connectivity index (χ4v) is 6.51. The monoisotopic (exact) mass is 585 g/mol. The first-order valence-corrected chi connectivity index (χ1v) is 14.0. The molecule has 0 spiro atoms. The van der Waals surface area contributed by atoms with Crippen LogP contribution < -0.4 is 0 Å². The molecule has 0 aliphatic rings. The first kappa shape index (κ1) is 26.2. The van der Waals surface area contributed by atoms with E-state index in [-0.39, 0.29) is 5.56 Å². The third-order valence-corrected chi connectivity index (χ3v) is 8.39. The summed E-state index contributed by atoms with van der Waals surface area (Å²) in [7, 11) is 0. The van der Waals surface area contributed by atoms with E-state index in [0.29, 0.717) is 21.5 Å². The van der Waals surface area contributed by atoms with Crippen molar-refractivity contribution in [2.75, 3.05) is 0 Å². The van der Waals surface area contributed by atoms with Gasteiger partial charge in [-0.15, -0.1) is 0 Å². The van der Waals surface area contributed by atoms with E-state index in [1.165, 1.54) is 0 Å². The number of halogens is 5. The summed E-state index contributed by atoms with van der Waals surface area (Å²) in [5, 5.41) is 4.28. The molecule has 7 aromatic carbocycles. The Morgan fingerprint density at radius 3 is 1.14 bits per heavy atom. The molecule has 0 amide bonds. The van der Waals surface area contributed by atoms with Crippen LogP contribution in [0.15, 0.2) is 121 Å². The summed E-state index contributed by atoms with van der Waals surface area (Å²) in [4.78, 5) is 0. The molecule has 0 aliphatic heterocycles. The van der Waals surface area contributed by atoms with Gasteiger partial charge < -0.3 is 4.57 Å². The van der Waals surface area contributed by atoms with Gasteiger partial charge in [-0.1, -0.05) is 97.1 Å². The molecule has 1 aromatic heterocycles. The molecule has 0 fully saturated rings. The van der Waals surface area contributed by atoms with Gasteiger partial charge >= 0.3 is 0 Å². The van der Waals surface area contributed by atoms with Crippen molar-refractivity contribution < 1.29 is 22.0 Å². The SMILES string of the molecule is Fc1c(F)c(F)c(-c2c3ccccc3c(-c3ccc(-n4c5ccccc5c5ccccc54)cc3)c3ccccc23)c(F)c1F. The van der Waals surface area contributed by atoms with E-state index in [0.717, 1.165) is 38.6 Å². The van der Waals surface area contributed by atoms with Crippen LogP contribution in [0.25, 0.3) is 71.3 Å². The number of hydrogen-bond acceptors (Lipinski definition) is 0. The second kappa shape index (κ2) is 9.78. The summed E-state index contributed by atoms with van der Waals surface area (Å²) in [6.07, 6.45) is 0. The molecule has 0 aliphatic carbocycles. The average molecular weight is 586 g/mol. The fraction of sp³-hybridized carbons (Fsp3) is 0. The van der Waals surface area contributed by atoms with Gasteiger partial charge in [0, 0.05) is 22.0 Å². The van der Waals surface area contributed by atoms with Crippen molar-refractivity contribution in [3.05, 3.63) is 150 Å². The Morgan fingerprint density at radius 2 is 0.682 bits per heavy atom. The molecule has 0 saturated carbocycles. The summed E-state index contributed by atoms with van der Waals surface area (Å²) in [6.45, 7) is 0. The summed E-state index contributed by atoms with van der Waals surface area (Å²) in [5.74, 6) is -9.86. The van der Waals surface area contributed by atoms with Crippen LogP contribution in [0.1, 0.15) is 0 Å². The maximum Gasteiger partial charge on any atom is 0.200 e. The van der Waals surface area contributed by atoms with Gasteiger partial charge in [0.2, 0.25) is 5.82 Å². The molecule has 0 saturated heterocycles. The Kier molecular flexibility index (Phi) is 5.81. The third kappa shape index (κ3) is 3.64. The lowest BCUT2D eigenvalue weighted by Gasteiger charge is -2.19. The minimum atomic E-state index is -2.18. The predicted octanol–water partition coefficient (Wildman–Crippen LogP) is 11.1. The molecular formula is C38H20F5N. The molecule has 0 radical (unpaired) electrons. The third-order valence-electron chi connectivity index (χ3n) is 8.39. The molecule has 1 heterocycles. The number of benzene rings is 7. The van der Waals surface area contributed by atoms with Crippen molar-refractivity contribution >= 4 is 43.4 Å². The average Bonchev–Trinajstić information content (AvgIpc) is 3.41. The maximum atomic E-state index is 15.2. The van der Waals surface area contributed by atoms with Crippen molar-refractivity contribution in [3.63, 3.8) is 0 Å². The Bertz CT molecular complexity index is 2300. The van der Waals surface area contributed by atoms with Gasteiger partial charge in [-0.3, -0.25) is 0 Å². The molecule has 8 aromatic rings. The highest BCUT2D eigenvalue weighted by Crippen LogP contribution is 2.46. The van der Waals surface area contributed by atoms with Crippen LogP contribution >= 0.6 is 0 Å². The van der Waals surface area contributed by atoms with E-state index in [2.05, 4.69) is 28.8 Å². The van der Waals surface area contributed by atoms with Crippen molar-refractivity contribution in [3.8, 4) is 27.9 Å². The molecule has 0 atom stereocenters. The van der Waals surface area contributed by atoms with Gasteiger partial charge in [0.25, 0.3) is 0 Å². The van der Waals surface area contributed by atoms with Crippen LogP contribution in [0.2, 0.25) is 0 Å². The number of nitrogens with zero attached hydrogens (tertiary/aromatic N) is 1. The second-order valence-electron chi connectivity index (χ2n) is 10.7. The smallest absolute Gasteiger partial charge is 0.200 e. The lowest BCUT2D eigenvalue weighted by Crippen LogP contribution is -2.05. The predicted molar refractivity (Wildman–Crippen MR) is 166 cm³/mol. The first-order chi connectivity index (χ1) is 21.5. The second-order valence-corrected chi connectivity index (χ2v) is 10.7. The molecule has 6 heteroatoms. The molecule has 44 heavy (non-hydrogen) atoms. The number of hydrogen-bond donors (Lipinski definition) is 0. The Morgan fingerprint density at radius 1 is 0.318 bits per heavy atom. The molecule has 0 bridgehead atoms. The van der Waals surface area contributed by atoms with Gasteiger partial charge in [-0.25, -0.2) is 22.0 Å². The summed E-state index contributed by atoms with van der Waals surface area (Å²) >= 11 is 0. The van der Waals surface area contributed by atoms with Crippen LogP contribution in [-0.2, 0) is 0 Å². The minimum absolute atomic E-state index is 0.0466. The van der Waals surface area contributed by atoms with Gasteiger partial charge in [0.1, 0.15) is 0 Å². The standard InChI is InChI=1S/C38H20F5N/c39-34-33(35(40)37(42)38(43)36(34)41)32-27-13-3-1-11-25(27)31(26-12-2-4-14-28(26)32)21-17-19-22(20-18-21)44-29-15-7-5-9-23(29)24-10-6-8-16-30(24)44/h1-20H. The summed E-state index contributed by atoms with van der Waals surface area (Å²) < 4.78 is 75.5. The molecule has 0 unspecified atom stereocenters. The topological polar surface area (TPSA) is 4.93 Å². The van der Waals surface area contributed by atoms with Crippen LogP contribution in [0, 0.1) is 29.1 Å². The van der Waals surface area contributed by atoms with E-state index in [4.69, 9.17) is 0 Å². The number of fused-ring (bicyclic) bond motifs is 5. The van der Waals surface area contributed by atoms with E-state index >= 15 is 8.78 Å². The first-order valence-electron chi connectivity index (χ1n) is 14.0. The van der Waals surface area contributed by atoms with Gasteiger partial charge in [-0.2, -0.15) is 0 Å². The molecule has 0 N–H and O–H groups in total. The van der Waals surface area contributed by atoms with E-state index in [1.807, 2.05) is 48.5 Å². The normalized spacial score (nSPS) is 11.8. The van der Waals surface area contributed by atoms with Crippen LogP contribution in [0.3, 0.4) is 0 Å². The van der Waals surface area contributed by atoms with Crippen LogP contribution in [0.5, 0.6) is 0 Å². The molecular weight excluding hydrogens is 565 g/mol. The number of rotatable bonds is 3. The summed E-state index contributed by atoms with van der Waals surface area (Å²) in [5.41, 5.74) is 3.74. The van der Waals surface area contributed by atoms with E-state index in [1.54, 1.807) is 48.5 Å². The quantitative estimate of drug-likeness (QED) is 0.0841. The van der Waals surface area contributed by atoms with Gasteiger partial charge in [0.15, 0.2) is 23.3 Å². The Balaban J connectivity index is 1.40. The highest BCUT2D eigenvalue weighted by atomic mass is 19.2. The molecule has 8 rings (SSSR count). The Hall–Kier alpha value is -5.49. The Labute approximate surface area is 248 Å². The zero-order chi connectivity index (χ0) is 30.1. The van der Waals surface area contributed by atoms with Crippen molar-refractivity contribution in [1.29, 1.82) is 0 Å². The van der Waals surface area contributed by atoms with Gasteiger partial charge in [-0.05, 0) is 56.9 Å². The maximum absolute atomic E-state index is 15.2. The van der Waals surface area contributed by atoms with E-state index in [9.17, 15) is 13.2 Å². The largest absolute Gasteiger partial charge is 0.309 e. The van der Waals surface area contributed by atoms with Gasteiger partial charge in [0.05, 0.1) is 16.6 Å². The fourth-order valence-electron chi connectivity index (χ4n) is 6.51.